The van der Waals surface area contributed by atoms with Crippen LogP contribution in [0.5, 0.6) is 0 Å². The minimum absolute atomic E-state index is 0.763. The van der Waals surface area contributed by atoms with Crippen LogP contribution in [0.2, 0.25) is 0 Å². The van der Waals surface area contributed by atoms with E-state index in [-0.39, 0.29) is 0 Å². The summed E-state index contributed by atoms with van der Waals surface area (Å²) in [6, 6.07) is 8.18. The van der Waals surface area contributed by atoms with Gasteiger partial charge >= 0.3 is 0 Å². The first-order chi connectivity index (χ1) is 9.70. The molecule has 20 heavy (non-hydrogen) atoms. The fraction of sp³-hybridized carbons (Fsp3) is 0.154. The monoisotopic (exact) mass is 366 g/mol. The molecule has 1 N–H and O–H groups in total. The molecule has 0 amide bonds. The summed E-state index contributed by atoms with van der Waals surface area (Å²) in [6.07, 6.45) is 0. The number of nitrogens with zero attached hydrogens (tertiary/aromatic N) is 3. The van der Waals surface area contributed by atoms with E-state index in [9.17, 15) is 0 Å². The van der Waals surface area contributed by atoms with E-state index in [2.05, 4.69) is 53.6 Å². The van der Waals surface area contributed by atoms with Gasteiger partial charge in [-0.25, -0.2) is 9.97 Å². The number of hydrogen-bond acceptors (Lipinski definition) is 5. The first-order valence-electron chi connectivity index (χ1n) is 5.93. The summed E-state index contributed by atoms with van der Waals surface area (Å²) in [5.74, 6) is 1.61. The molecule has 0 unspecified atom stereocenters. The molecular formula is C13H11BrN4S2. The van der Waals surface area contributed by atoms with Gasteiger partial charge in [-0.3, -0.25) is 5.10 Å². The number of hydrogen-bond donors (Lipinski definition) is 1. The summed E-state index contributed by atoms with van der Waals surface area (Å²) in [5.41, 5.74) is 2.19. The van der Waals surface area contributed by atoms with Gasteiger partial charge in [0.05, 0.1) is 5.69 Å². The van der Waals surface area contributed by atoms with Gasteiger partial charge in [-0.15, -0.1) is 16.4 Å². The Morgan fingerprint density at radius 2 is 2.25 bits per heavy atom. The molecule has 3 aromatic rings. The zero-order valence-electron chi connectivity index (χ0n) is 10.6. The lowest BCUT2D eigenvalue weighted by Gasteiger charge is -1.96. The Labute approximate surface area is 133 Å². The quantitative estimate of drug-likeness (QED) is 0.699. The number of H-pyrrole nitrogens is 1. The van der Waals surface area contributed by atoms with E-state index in [1.54, 1.807) is 23.1 Å². The number of benzene rings is 1. The normalized spacial score (nSPS) is 10.9. The van der Waals surface area contributed by atoms with Crippen molar-refractivity contribution in [3.8, 4) is 10.6 Å². The second-order valence-corrected chi connectivity index (χ2v) is 6.86. The SMILES string of the molecule is Cc1nc(SCc2csc(-c3cccc(Br)c3)n2)n[nH]1. The van der Waals surface area contributed by atoms with E-state index >= 15 is 0 Å². The van der Waals surface area contributed by atoms with Crippen LogP contribution in [0, 0.1) is 6.92 Å². The Morgan fingerprint density at radius 1 is 1.35 bits per heavy atom. The molecule has 0 saturated carbocycles. The van der Waals surface area contributed by atoms with Crippen LogP contribution in [-0.2, 0) is 5.75 Å². The van der Waals surface area contributed by atoms with Gasteiger partial charge in [0.15, 0.2) is 0 Å². The van der Waals surface area contributed by atoms with Crippen LogP contribution in [0.1, 0.15) is 11.5 Å². The second kappa shape index (κ2) is 6.07. The molecule has 0 fully saturated rings. The minimum atomic E-state index is 0.763. The molecule has 4 nitrogen and oxygen atoms in total. The van der Waals surface area contributed by atoms with Crippen LogP contribution in [0.15, 0.2) is 39.3 Å². The number of thiazole rings is 1. The lowest BCUT2D eigenvalue weighted by Crippen LogP contribution is -1.83. The van der Waals surface area contributed by atoms with Crippen molar-refractivity contribution in [2.75, 3.05) is 0 Å². The third kappa shape index (κ3) is 3.28. The predicted octanol–water partition coefficient (Wildman–Crippen LogP) is 4.29. The highest BCUT2D eigenvalue weighted by molar-refractivity contribution is 9.10. The van der Waals surface area contributed by atoms with Crippen molar-refractivity contribution in [1.29, 1.82) is 0 Å². The van der Waals surface area contributed by atoms with Crippen LogP contribution in [0.4, 0.5) is 0 Å². The van der Waals surface area contributed by atoms with Gasteiger partial charge < -0.3 is 0 Å². The van der Waals surface area contributed by atoms with E-state index < -0.39 is 0 Å². The van der Waals surface area contributed by atoms with Crippen LogP contribution in [0.3, 0.4) is 0 Å². The number of aromatic nitrogens is 4. The van der Waals surface area contributed by atoms with Gasteiger partial charge in [-0.2, -0.15) is 0 Å². The molecule has 0 aliphatic rings. The maximum Gasteiger partial charge on any atom is 0.208 e. The lowest BCUT2D eigenvalue weighted by molar-refractivity contribution is 0.968. The van der Waals surface area contributed by atoms with Crippen LogP contribution in [-0.4, -0.2) is 20.2 Å². The first-order valence-corrected chi connectivity index (χ1v) is 8.59. The average molecular weight is 367 g/mol. The van der Waals surface area contributed by atoms with Gasteiger partial charge in [0.2, 0.25) is 5.16 Å². The van der Waals surface area contributed by atoms with Crippen molar-refractivity contribution < 1.29 is 0 Å². The summed E-state index contributed by atoms with van der Waals surface area (Å²) >= 11 is 6.73. The van der Waals surface area contributed by atoms with Crippen molar-refractivity contribution >= 4 is 39.0 Å². The summed E-state index contributed by atoms with van der Waals surface area (Å²) in [5, 5.41) is 10.8. The third-order valence-electron chi connectivity index (χ3n) is 2.55. The number of halogens is 1. The van der Waals surface area contributed by atoms with Crippen molar-refractivity contribution in [3.63, 3.8) is 0 Å². The Hall–Kier alpha value is -1.18. The minimum Gasteiger partial charge on any atom is -0.262 e. The first kappa shape index (κ1) is 13.8. The number of thioether (sulfide) groups is 1. The summed E-state index contributed by atoms with van der Waals surface area (Å²) in [7, 11) is 0. The molecule has 2 aromatic heterocycles. The molecule has 0 aliphatic heterocycles. The van der Waals surface area contributed by atoms with Crippen molar-refractivity contribution in [1.82, 2.24) is 20.2 Å². The molecule has 0 saturated heterocycles. The maximum atomic E-state index is 4.65. The van der Waals surface area contributed by atoms with Crippen LogP contribution >= 0.6 is 39.0 Å². The highest BCUT2D eigenvalue weighted by Crippen LogP contribution is 2.28. The Kier molecular flexibility index (Phi) is 4.18. The molecule has 0 atom stereocenters. The van der Waals surface area contributed by atoms with Gasteiger partial charge in [0.25, 0.3) is 0 Å². The molecule has 2 heterocycles. The fourth-order valence-corrected chi connectivity index (χ4v) is 3.71. The summed E-state index contributed by atoms with van der Waals surface area (Å²) in [4.78, 5) is 8.92. The van der Waals surface area contributed by atoms with Crippen LogP contribution < -0.4 is 0 Å². The highest BCUT2D eigenvalue weighted by atomic mass is 79.9. The largest absolute Gasteiger partial charge is 0.262 e. The molecule has 1 aromatic carbocycles. The Morgan fingerprint density at radius 3 is 3.00 bits per heavy atom. The van der Waals surface area contributed by atoms with E-state index in [0.717, 1.165) is 37.5 Å². The predicted molar refractivity (Wildman–Crippen MR) is 85.9 cm³/mol. The molecule has 0 spiro atoms. The van der Waals surface area contributed by atoms with Crippen molar-refractivity contribution in [2.24, 2.45) is 0 Å². The van der Waals surface area contributed by atoms with Gasteiger partial charge in [-0.05, 0) is 19.1 Å². The molecule has 102 valence electrons. The lowest BCUT2D eigenvalue weighted by atomic mass is 10.2. The third-order valence-corrected chi connectivity index (χ3v) is 4.86. The molecular weight excluding hydrogens is 356 g/mol. The molecule has 0 bridgehead atoms. The summed E-state index contributed by atoms with van der Waals surface area (Å²) in [6.45, 7) is 1.89. The Balaban J connectivity index is 1.70. The summed E-state index contributed by atoms with van der Waals surface area (Å²) < 4.78 is 1.07. The number of rotatable bonds is 4. The van der Waals surface area contributed by atoms with Gasteiger partial charge in [0, 0.05) is 21.2 Å². The van der Waals surface area contributed by atoms with Gasteiger partial charge in [-0.1, -0.05) is 39.8 Å². The molecule has 0 aliphatic carbocycles. The maximum absolute atomic E-state index is 4.65. The highest BCUT2D eigenvalue weighted by Gasteiger charge is 2.07. The van der Waals surface area contributed by atoms with E-state index in [1.165, 1.54) is 0 Å². The standard InChI is InChI=1S/C13H11BrN4S2/c1-8-15-13(18-17-8)20-7-11-6-19-12(16-11)9-3-2-4-10(14)5-9/h2-6H,7H2,1H3,(H,15,17,18). The van der Waals surface area contributed by atoms with Gasteiger partial charge in [0.1, 0.15) is 10.8 Å². The van der Waals surface area contributed by atoms with E-state index in [0.29, 0.717) is 0 Å². The fourth-order valence-electron chi connectivity index (χ4n) is 1.65. The van der Waals surface area contributed by atoms with Crippen molar-refractivity contribution in [2.45, 2.75) is 17.8 Å². The second-order valence-electron chi connectivity index (χ2n) is 4.15. The van der Waals surface area contributed by atoms with Crippen LogP contribution in [0.25, 0.3) is 10.6 Å². The zero-order chi connectivity index (χ0) is 13.9. The topological polar surface area (TPSA) is 54.5 Å². The average Bonchev–Trinajstić information content (AvgIpc) is 3.05. The number of aryl methyl sites for hydroxylation is 1. The molecule has 3 rings (SSSR count). The number of nitrogens with one attached hydrogen (secondary N) is 1. The zero-order valence-corrected chi connectivity index (χ0v) is 13.8. The van der Waals surface area contributed by atoms with E-state index in [1.807, 2.05) is 19.1 Å². The Bertz CT molecular complexity index is 722. The molecule has 7 heteroatoms. The smallest absolute Gasteiger partial charge is 0.208 e. The van der Waals surface area contributed by atoms with Crippen molar-refractivity contribution in [3.05, 3.63) is 45.6 Å². The molecule has 0 radical (unpaired) electrons. The number of aromatic amines is 1. The van der Waals surface area contributed by atoms with E-state index in [4.69, 9.17) is 0 Å².